The molecular weight excluding hydrogens is 214 g/mol. The Bertz CT molecular complexity index is 521. The fourth-order valence-electron chi connectivity index (χ4n) is 1.78. The van der Waals surface area contributed by atoms with Gasteiger partial charge in [-0.05, 0) is 29.7 Å². The monoisotopic (exact) mass is 229 g/mol. The van der Waals surface area contributed by atoms with Gasteiger partial charge >= 0.3 is 0 Å². The Hall–Kier alpha value is -2.03. The van der Waals surface area contributed by atoms with E-state index < -0.39 is 0 Å². The van der Waals surface area contributed by atoms with Gasteiger partial charge in [-0.25, -0.2) is 0 Å². The third-order valence-corrected chi connectivity index (χ3v) is 2.71. The predicted molar refractivity (Wildman–Crippen MR) is 67.1 cm³/mol. The normalized spacial score (nSPS) is 10.8. The van der Waals surface area contributed by atoms with Crippen molar-refractivity contribution in [1.82, 2.24) is 4.98 Å². The number of benzene rings is 1. The van der Waals surface area contributed by atoms with Gasteiger partial charge in [0.1, 0.15) is 11.5 Å². The first-order valence-corrected chi connectivity index (χ1v) is 5.57. The molecule has 0 unspecified atom stereocenters. The van der Waals surface area contributed by atoms with Gasteiger partial charge in [-0.15, -0.1) is 0 Å². The number of aromatic nitrogens is 1. The molecule has 0 spiro atoms. The summed E-state index contributed by atoms with van der Waals surface area (Å²) in [6, 6.07) is 8.68. The molecular formula is C14H15NO2. The van der Waals surface area contributed by atoms with Crippen LogP contribution in [0.25, 0.3) is 11.3 Å². The third-order valence-electron chi connectivity index (χ3n) is 2.71. The second-order valence-corrected chi connectivity index (χ2v) is 4.30. The molecule has 3 heteroatoms. The van der Waals surface area contributed by atoms with Crippen molar-refractivity contribution in [3.05, 3.63) is 42.1 Å². The van der Waals surface area contributed by atoms with Crippen molar-refractivity contribution < 1.29 is 10.2 Å². The van der Waals surface area contributed by atoms with Crippen molar-refractivity contribution in [3.63, 3.8) is 0 Å². The molecule has 0 fully saturated rings. The number of phenolic OH excluding ortho intramolecular Hbond substituents is 2. The molecule has 2 N–H and O–H groups in total. The van der Waals surface area contributed by atoms with Crippen LogP contribution in [0.4, 0.5) is 0 Å². The summed E-state index contributed by atoms with van der Waals surface area (Å²) in [6.45, 7) is 3.99. The lowest BCUT2D eigenvalue weighted by Gasteiger charge is -2.12. The van der Waals surface area contributed by atoms with Crippen LogP contribution in [0.1, 0.15) is 25.3 Å². The fourth-order valence-corrected chi connectivity index (χ4v) is 1.78. The second-order valence-electron chi connectivity index (χ2n) is 4.30. The third kappa shape index (κ3) is 2.23. The molecule has 0 aliphatic rings. The maximum Gasteiger partial charge on any atom is 0.128 e. The molecule has 0 amide bonds. The van der Waals surface area contributed by atoms with Crippen molar-refractivity contribution in [3.8, 4) is 22.8 Å². The highest BCUT2D eigenvalue weighted by Gasteiger charge is 2.13. The molecule has 0 bridgehead atoms. The van der Waals surface area contributed by atoms with E-state index in [1.54, 1.807) is 12.3 Å². The van der Waals surface area contributed by atoms with Crippen LogP contribution in [-0.2, 0) is 0 Å². The van der Waals surface area contributed by atoms with Crippen LogP contribution in [0.5, 0.6) is 11.5 Å². The number of hydrogen-bond donors (Lipinski definition) is 2. The second kappa shape index (κ2) is 4.45. The van der Waals surface area contributed by atoms with E-state index in [0.29, 0.717) is 11.3 Å². The Morgan fingerprint density at radius 1 is 1.06 bits per heavy atom. The van der Waals surface area contributed by atoms with Crippen LogP contribution in [0.3, 0.4) is 0 Å². The van der Waals surface area contributed by atoms with E-state index >= 15 is 0 Å². The first kappa shape index (κ1) is 11.5. The summed E-state index contributed by atoms with van der Waals surface area (Å²) in [6.07, 6.45) is 1.68. The minimum absolute atomic E-state index is 0.0469. The van der Waals surface area contributed by atoms with Crippen LogP contribution in [-0.4, -0.2) is 15.2 Å². The largest absolute Gasteiger partial charge is 0.508 e. The number of pyridine rings is 1. The Morgan fingerprint density at radius 2 is 1.82 bits per heavy atom. The van der Waals surface area contributed by atoms with E-state index in [1.165, 1.54) is 6.07 Å². The van der Waals surface area contributed by atoms with Gasteiger partial charge in [0.25, 0.3) is 0 Å². The molecule has 3 nitrogen and oxygen atoms in total. The van der Waals surface area contributed by atoms with E-state index in [2.05, 4.69) is 4.98 Å². The standard InChI is InChI=1S/C14H15NO2/c1-9(2)10-7-11(14(17)8-13(10)16)12-5-3-4-6-15-12/h3-9,16-17H,1-2H3. The minimum atomic E-state index is 0.0469. The number of rotatable bonds is 2. The Kier molecular flexibility index (Phi) is 3.00. The zero-order valence-corrected chi connectivity index (χ0v) is 9.88. The molecule has 1 heterocycles. The van der Waals surface area contributed by atoms with Crippen molar-refractivity contribution in [2.24, 2.45) is 0 Å². The molecule has 0 aliphatic carbocycles. The van der Waals surface area contributed by atoms with Crippen molar-refractivity contribution in [2.75, 3.05) is 0 Å². The summed E-state index contributed by atoms with van der Waals surface area (Å²) in [5.41, 5.74) is 2.16. The van der Waals surface area contributed by atoms with Gasteiger partial charge in [0, 0.05) is 17.8 Å². The first-order valence-electron chi connectivity index (χ1n) is 5.57. The van der Waals surface area contributed by atoms with Crippen LogP contribution in [0.15, 0.2) is 36.5 Å². The fraction of sp³-hybridized carbons (Fsp3) is 0.214. The smallest absolute Gasteiger partial charge is 0.128 e. The molecule has 88 valence electrons. The number of nitrogens with zero attached hydrogens (tertiary/aromatic N) is 1. The molecule has 17 heavy (non-hydrogen) atoms. The van der Waals surface area contributed by atoms with Crippen LogP contribution in [0, 0.1) is 0 Å². The minimum Gasteiger partial charge on any atom is -0.508 e. The molecule has 0 aliphatic heterocycles. The molecule has 1 aromatic carbocycles. The molecule has 0 atom stereocenters. The lowest BCUT2D eigenvalue weighted by molar-refractivity contribution is 0.445. The van der Waals surface area contributed by atoms with Crippen LogP contribution in [0.2, 0.25) is 0 Å². The molecule has 0 radical (unpaired) electrons. The molecule has 2 aromatic rings. The molecule has 2 rings (SSSR count). The summed E-state index contributed by atoms with van der Waals surface area (Å²) in [5.74, 6) is 0.362. The topological polar surface area (TPSA) is 53.4 Å². The van der Waals surface area contributed by atoms with Gasteiger partial charge in [0.15, 0.2) is 0 Å². The zero-order chi connectivity index (χ0) is 12.4. The average molecular weight is 229 g/mol. The number of hydrogen-bond acceptors (Lipinski definition) is 3. The van der Waals surface area contributed by atoms with Gasteiger partial charge in [-0.3, -0.25) is 4.98 Å². The zero-order valence-electron chi connectivity index (χ0n) is 9.88. The van der Waals surface area contributed by atoms with Crippen molar-refractivity contribution >= 4 is 0 Å². The Labute approximate surface area is 100 Å². The maximum atomic E-state index is 9.85. The van der Waals surface area contributed by atoms with E-state index in [4.69, 9.17) is 0 Å². The number of aromatic hydroxyl groups is 2. The number of phenols is 2. The van der Waals surface area contributed by atoms with E-state index in [9.17, 15) is 10.2 Å². The Morgan fingerprint density at radius 3 is 2.41 bits per heavy atom. The summed E-state index contributed by atoms with van der Waals surface area (Å²) >= 11 is 0. The summed E-state index contributed by atoms with van der Waals surface area (Å²) in [5, 5.41) is 19.6. The average Bonchev–Trinajstić information content (AvgIpc) is 2.29. The van der Waals surface area contributed by atoms with E-state index in [1.807, 2.05) is 32.0 Å². The predicted octanol–water partition coefficient (Wildman–Crippen LogP) is 3.28. The summed E-state index contributed by atoms with van der Waals surface area (Å²) in [4.78, 5) is 4.20. The lowest BCUT2D eigenvalue weighted by atomic mass is 9.97. The SMILES string of the molecule is CC(C)c1cc(-c2ccccn2)c(O)cc1O. The summed E-state index contributed by atoms with van der Waals surface area (Å²) in [7, 11) is 0. The summed E-state index contributed by atoms with van der Waals surface area (Å²) < 4.78 is 0. The molecule has 0 saturated carbocycles. The molecule has 0 saturated heterocycles. The van der Waals surface area contributed by atoms with Crippen LogP contribution >= 0.6 is 0 Å². The van der Waals surface area contributed by atoms with Crippen molar-refractivity contribution in [1.29, 1.82) is 0 Å². The van der Waals surface area contributed by atoms with Gasteiger partial charge in [-0.1, -0.05) is 19.9 Å². The first-order chi connectivity index (χ1) is 8.09. The highest BCUT2D eigenvalue weighted by Crippen LogP contribution is 2.36. The van der Waals surface area contributed by atoms with Gasteiger partial charge in [-0.2, -0.15) is 0 Å². The van der Waals surface area contributed by atoms with Gasteiger partial charge in [0.05, 0.1) is 5.69 Å². The highest BCUT2D eigenvalue weighted by molar-refractivity contribution is 5.69. The Balaban J connectivity index is 2.59. The van der Waals surface area contributed by atoms with E-state index in [0.717, 1.165) is 5.56 Å². The lowest BCUT2D eigenvalue weighted by Crippen LogP contribution is -1.91. The van der Waals surface area contributed by atoms with Gasteiger partial charge in [0.2, 0.25) is 0 Å². The van der Waals surface area contributed by atoms with E-state index in [-0.39, 0.29) is 17.4 Å². The quantitative estimate of drug-likeness (QED) is 0.830. The van der Waals surface area contributed by atoms with Crippen molar-refractivity contribution in [2.45, 2.75) is 19.8 Å². The highest BCUT2D eigenvalue weighted by atomic mass is 16.3. The maximum absolute atomic E-state index is 9.85. The molecule has 1 aromatic heterocycles. The van der Waals surface area contributed by atoms with Gasteiger partial charge < -0.3 is 10.2 Å². The van der Waals surface area contributed by atoms with Crippen LogP contribution < -0.4 is 0 Å².